The molecule has 18 heavy (non-hydrogen) atoms. The maximum absolute atomic E-state index is 3.58. The van der Waals surface area contributed by atoms with Crippen LogP contribution in [0.25, 0.3) is 0 Å². The van der Waals surface area contributed by atoms with Crippen LogP contribution >= 0.6 is 12.4 Å². The van der Waals surface area contributed by atoms with Crippen molar-refractivity contribution in [3.63, 3.8) is 0 Å². The number of nitrogens with zero attached hydrogens (tertiary/aromatic N) is 1. The number of anilines is 1. The number of para-hydroxylation sites is 1. The molecule has 3 heteroatoms. The van der Waals surface area contributed by atoms with E-state index in [1.165, 1.54) is 30.6 Å². The molecule has 0 saturated heterocycles. The van der Waals surface area contributed by atoms with Gasteiger partial charge in [-0.25, -0.2) is 0 Å². The van der Waals surface area contributed by atoms with E-state index < -0.39 is 0 Å². The molecule has 1 aromatic carbocycles. The number of fused-ring (bicyclic) bond motifs is 1. The minimum absolute atomic E-state index is 0. The monoisotopic (exact) mass is 268 g/mol. The Bertz CT molecular complexity index is 365. The van der Waals surface area contributed by atoms with Crippen LogP contribution in [0.1, 0.15) is 38.2 Å². The van der Waals surface area contributed by atoms with Gasteiger partial charge in [-0.2, -0.15) is 0 Å². The Kier molecular flexibility index (Phi) is 5.97. The van der Waals surface area contributed by atoms with Crippen LogP contribution in [0.5, 0.6) is 0 Å². The molecule has 2 nitrogen and oxygen atoms in total. The van der Waals surface area contributed by atoms with E-state index in [1.807, 2.05) is 0 Å². The summed E-state index contributed by atoms with van der Waals surface area (Å²) in [7, 11) is 2.21. The highest BCUT2D eigenvalue weighted by Gasteiger charge is 2.20. The van der Waals surface area contributed by atoms with Crippen LogP contribution in [0.2, 0.25) is 0 Å². The number of halogens is 1. The molecule has 1 N–H and O–H groups in total. The second-order valence-corrected chi connectivity index (χ2v) is 5.38. The molecule has 1 unspecified atom stereocenters. The topological polar surface area (TPSA) is 15.3 Å². The zero-order valence-corrected chi connectivity index (χ0v) is 12.5. The molecule has 0 aromatic heterocycles. The van der Waals surface area contributed by atoms with Crippen LogP contribution in [0.3, 0.4) is 0 Å². The average molecular weight is 269 g/mol. The lowest BCUT2D eigenvalue weighted by Gasteiger charge is -2.22. The van der Waals surface area contributed by atoms with Crippen molar-refractivity contribution in [2.24, 2.45) is 0 Å². The van der Waals surface area contributed by atoms with Crippen LogP contribution < -0.4 is 10.2 Å². The molecule has 0 spiro atoms. The third-order valence-corrected chi connectivity index (χ3v) is 3.61. The van der Waals surface area contributed by atoms with E-state index in [1.54, 1.807) is 0 Å². The summed E-state index contributed by atoms with van der Waals surface area (Å²) in [6.45, 7) is 6.71. The van der Waals surface area contributed by atoms with Gasteiger partial charge in [0.25, 0.3) is 0 Å². The molecule has 0 fully saturated rings. The third-order valence-electron chi connectivity index (χ3n) is 3.61. The second-order valence-electron chi connectivity index (χ2n) is 5.38. The molecule has 0 amide bonds. The Balaban J connectivity index is 0.00000162. The number of nitrogens with one attached hydrogen (secondary N) is 1. The van der Waals surface area contributed by atoms with Gasteiger partial charge in [0, 0.05) is 31.9 Å². The van der Waals surface area contributed by atoms with Gasteiger partial charge < -0.3 is 10.2 Å². The zero-order valence-electron chi connectivity index (χ0n) is 11.6. The van der Waals surface area contributed by atoms with Gasteiger partial charge in [-0.1, -0.05) is 32.0 Å². The standard InChI is InChI=1S/C15H24N2.ClH/c1-12(2)16-11-13-7-6-10-17(3)15-9-5-4-8-14(13)15;/h4-5,8-9,12-13,16H,6-7,10-11H2,1-3H3;1H. The van der Waals surface area contributed by atoms with Gasteiger partial charge >= 0.3 is 0 Å². The number of hydrogen-bond donors (Lipinski definition) is 1. The molecule has 2 rings (SSSR count). The smallest absolute Gasteiger partial charge is 0.0399 e. The van der Waals surface area contributed by atoms with E-state index in [-0.39, 0.29) is 12.4 Å². The summed E-state index contributed by atoms with van der Waals surface area (Å²) in [6, 6.07) is 9.43. The summed E-state index contributed by atoms with van der Waals surface area (Å²) in [4.78, 5) is 2.39. The van der Waals surface area contributed by atoms with Crippen molar-refractivity contribution in [3.8, 4) is 0 Å². The van der Waals surface area contributed by atoms with Crippen LogP contribution in [-0.4, -0.2) is 26.2 Å². The van der Waals surface area contributed by atoms with E-state index in [0.29, 0.717) is 12.0 Å². The SMILES string of the molecule is CC(C)NCC1CCCN(C)c2ccccc21.Cl. The number of benzene rings is 1. The molecule has 1 heterocycles. The van der Waals surface area contributed by atoms with E-state index in [9.17, 15) is 0 Å². The fraction of sp³-hybridized carbons (Fsp3) is 0.600. The second kappa shape index (κ2) is 7.01. The highest BCUT2D eigenvalue weighted by Crippen LogP contribution is 2.33. The summed E-state index contributed by atoms with van der Waals surface area (Å²) in [6.07, 6.45) is 2.58. The zero-order chi connectivity index (χ0) is 12.3. The normalized spacial score (nSPS) is 19.1. The molecular weight excluding hydrogens is 244 g/mol. The largest absolute Gasteiger partial charge is 0.374 e. The summed E-state index contributed by atoms with van der Waals surface area (Å²) in [5, 5.41) is 3.58. The quantitative estimate of drug-likeness (QED) is 0.904. The maximum atomic E-state index is 3.58. The molecule has 1 aromatic rings. The van der Waals surface area contributed by atoms with Crippen molar-refractivity contribution in [3.05, 3.63) is 29.8 Å². The molecule has 1 atom stereocenters. The Hall–Kier alpha value is -0.730. The summed E-state index contributed by atoms with van der Waals surface area (Å²) in [5.74, 6) is 0.665. The first kappa shape index (κ1) is 15.3. The fourth-order valence-corrected chi connectivity index (χ4v) is 2.62. The maximum Gasteiger partial charge on any atom is 0.0399 e. The minimum atomic E-state index is 0. The molecular formula is C15H25ClN2. The van der Waals surface area contributed by atoms with Gasteiger partial charge in [-0.05, 0) is 30.4 Å². The van der Waals surface area contributed by atoms with Crippen molar-refractivity contribution in [1.29, 1.82) is 0 Å². The number of hydrogen-bond acceptors (Lipinski definition) is 2. The van der Waals surface area contributed by atoms with Gasteiger partial charge in [-0.15, -0.1) is 12.4 Å². The lowest BCUT2D eigenvalue weighted by molar-refractivity contribution is 0.506. The Morgan fingerprint density at radius 1 is 1.33 bits per heavy atom. The summed E-state index contributed by atoms with van der Waals surface area (Å²) < 4.78 is 0. The Morgan fingerprint density at radius 3 is 2.78 bits per heavy atom. The van der Waals surface area contributed by atoms with Crippen LogP contribution in [0.15, 0.2) is 24.3 Å². The van der Waals surface area contributed by atoms with E-state index in [2.05, 4.69) is 55.4 Å². The Labute approximate surface area is 117 Å². The van der Waals surface area contributed by atoms with Crippen molar-refractivity contribution in [1.82, 2.24) is 5.32 Å². The van der Waals surface area contributed by atoms with Crippen LogP contribution in [-0.2, 0) is 0 Å². The molecule has 0 bridgehead atoms. The van der Waals surface area contributed by atoms with E-state index in [0.717, 1.165) is 6.54 Å². The lowest BCUT2D eigenvalue weighted by atomic mass is 9.94. The van der Waals surface area contributed by atoms with Crippen molar-refractivity contribution < 1.29 is 0 Å². The Morgan fingerprint density at radius 2 is 2.06 bits per heavy atom. The van der Waals surface area contributed by atoms with Gasteiger partial charge in [0.2, 0.25) is 0 Å². The molecule has 0 radical (unpaired) electrons. The highest BCUT2D eigenvalue weighted by atomic mass is 35.5. The first-order valence-electron chi connectivity index (χ1n) is 6.72. The van der Waals surface area contributed by atoms with Crippen molar-refractivity contribution in [2.45, 2.75) is 38.6 Å². The summed E-state index contributed by atoms with van der Waals surface area (Å²) in [5.41, 5.74) is 2.93. The predicted molar refractivity (Wildman–Crippen MR) is 82.1 cm³/mol. The first-order chi connectivity index (χ1) is 8.18. The molecule has 1 aliphatic rings. The predicted octanol–water partition coefficient (Wildman–Crippen LogP) is 3.42. The number of rotatable bonds is 3. The molecule has 0 saturated carbocycles. The highest BCUT2D eigenvalue weighted by molar-refractivity contribution is 5.85. The van der Waals surface area contributed by atoms with Gasteiger partial charge in [0.1, 0.15) is 0 Å². The molecule has 0 aliphatic carbocycles. The molecule has 1 aliphatic heterocycles. The average Bonchev–Trinajstić information content (AvgIpc) is 2.47. The molecule has 102 valence electrons. The van der Waals surface area contributed by atoms with E-state index >= 15 is 0 Å². The van der Waals surface area contributed by atoms with Crippen LogP contribution in [0, 0.1) is 0 Å². The minimum Gasteiger partial charge on any atom is -0.374 e. The van der Waals surface area contributed by atoms with Crippen molar-refractivity contribution >= 4 is 18.1 Å². The van der Waals surface area contributed by atoms with Crippen molar-refractivity contribution in [2.75, 3.05) is 25.0 Å². The van der Waals surface area contributed by atoms with Gasteiger partial charge in [-0.3, -0.25) is 0 Å². The lowest BCUT2D eigenvalue weighted by Crippen LogP contribution is -2.28. The third kappa shape index (κ3) is 3.63. The first-order valence-corrected chi connectivity index (χ1v) is 6.72. The fourth-order valence-electron chi connectivity index (χ4n) is 2.62. The van der Waals surface area contributed by atoms with Gasteiger partial charge in [0.15, 0.2) is 0 Å². The van der Waals surface area contributed by atoms with Gasteiger partial charge in [0.05, 0.1) is 0 Å². The van der Waals surface area contributed by atoms with Crippen LogP contribution in [0.4, 0.5) is 5.69 Å². The summed E-state index contributed by atoms with van der Waals surface area (Å²) >= 11 is 0. The van der Waals surface area contributed by atoms with E-state index in [4.69, 9.17) is 0 Å².